The van der Waals surface area contributed by atoms with E-state index in [4.69, 9.17) is 0 Å². The van der Waals surface area contributed by atoms with Crippen LogP contribution >= 0.6 is 0 Å². The fourth-order valence-electron chi connectivity index (χ4n) is 1.39. The summed E-state index contributed by atoms with van der Waals surface area (Å²) in [6.45, 7) is 0. The van der Waals surface area contributed by atoms with E-state index in [1.807, 2.05) is 12.2 Å². The Bertz CT molecular complexity index is 413. The highest BCUT2D eigenvalue weighted by atomic mass is 32.2. The molecule has 2 N–H and O–H groups in total. The van der Waals surface area contributed by atoms with E-state index >= 15 is 0 Å². The molecule has 0 saturated heterocycles. The van der Waals surface area contributed by atoms with Gasteiger partial charge in [0.05, 0.1) is 6.20 Å². The average molecular weight is 213 g/mol. The number of rotatable bonds is 3. The Morgan fingerprint density at radius 1 is 1.43 bits per heavy atom. The van der Waals surface area contributed by atoms with Crippen LogP contribution in [0.4, 0.5) is 0 Å². The number of aromatic nitrogens is 2. The minimum absolute atomic E-state index is 0.00472. The van der Waals surface area contributed by atoms with Gasteiger partial charge in [0.25, 0.3) is 0 Å². The quantitative estimate of drug-likeness (QED) is 0.714. The van der Waals surface area contributed by atoms with Crippen molar-refractivity contribution >= 4 is 10.0 Å². The van der Waals surface area contributed by atoms with Crippen molar-refractivity contribution in [2.24, 2.45) is 0 Å². The zero-order valence-electron chi connectivity index (χ0n) is 7.47. The molecule has 2 rings (SSSR count). The van der Waals surface area contributed by atoms with Crippen LogP contribution in [0.3, 0.4) is 0 Å². The summed E-state index contributed by atoms with van der Waals surface area (Å²) >= 11 is 0. The van der Waals surface area contributed by atoms with Crippen molar-refractivity contribution < 1.29 is 8.42 Å². The summed E-state index contributed by atoms with van der Waals surface area (Å²) in [5.74, 6) is 0. The summed E-state index contributed by atoms with van der Waals surface area (Å²) in [7, 11) is -3.38. The van der Waals surface area contributed by atoms with Crippen LogP contribution in [-0.2, 0) is 10.0 Å². The number of sulfonamides is 1. The van der Waals surface area contributed by atoms with Gasteiger partial charge >= 0.3 is 0 Å². The van der Waals surface area contributed by atoms with Gasteiger partial charge in [0.15, 0.2) is 0 Å². The first-order valence-corrected chi connectivity index (χ1v) is 5.83. The number of nitrogens with zero attached hydrogens (tertiary/aromatic N) is 1. The maximum Gasteiger partial charge on any atom is 0.243 e. The Morgan fingerprint density at radius 2 is 2.14 bits per heavy atom. The lowest BCUT2D eigenvalue weighted by molar-refractivity contribution is 0.557. The minimum Gasteiger partial charge on any atom is -0.284 e. The Balaban J connectivity index is 2.10. The summed E-state index contributed by atoms with van der Waals surface area (Å²) in [5, 5.41) is 6.08. The van der Waals surface area contributed by atoms with Gasteiger partial charge in [-0.15, -0.1) is 0 Å². The molecule has 0 atom stereocenters. The van der Waals surface area contributed by atoms with Crippen LogP contribution in [0.25, 0.3) is 0 Å². The smallest absolute Gasteiger partial charge is 0.243 e. The molecule has 0 spiro atoms. The van der Waals surface area contributed by atoms with Crippen molar-refractivity contribution in [3.8, 4) is 0 Å². The highest BCUT2D eigenvalue weighted by Gasteiger charge is 2.20. The van der Waals surface area contributed by atoms with E-state index in [0.717, 1.165) is 12.8 Å². The van der Waals surface area contributed by atoms with Gasteiger partial charge in [-0.05, 0) is 12.8 Å². The van der Waals surface area contributed by atoms with Crippen molar-refractivity contribution in [3.05, 3.63) is 24.5 Å². The number of hydrogen-bond donors (Lipinski definition) is 2. The zero-order valence-corrected chi connectivity index (χ0v) is 8.29. The van der Waals surface area contributed by atoms with Crippen LogP contribution in [0.2, 0.25) is 0 Å². The van der Waals surface area contributed by atoms with Gasteiger partial charge in [0.1, 0.15) is 4.90 Å². The first-order chi connectivity index (χ1) is 6.68. The lowest BCUT2D eigenvalue weighted by Gasteiger charge is -2.10. The van der Waals surface area contributed by atoms with Crippen molar-refractivity contribution in [1.29, 1.82) is 0 Å². The SMILES string of the molecule is O=S(=O)(NC1CC=CC1)c1cn[nH]c1. The summed E-state index contributed by atoms with van der Waals surface area (Å²) in [4.78, 5) is 0.185. The molecular formula is C8H11N3O2S. The van der Waals surface area contributed by atoms with Gasteiger partial charge in [-0.2, -0.15) is 5.10 Å². The van der Waals surface area contributed by atoms with Crippen LogP contribution in [-0.4, -0.2) is 24.7 Å². The average Bonchev–Trinajstić information content (AvgIpc) is 2.71. The molecule has 0 radical (unpaired) electrons. The second-order valence-electron chi connectivity index (χ2n) is 3.20. The van der Waals surface area contributed by atoms with E-state index in [0.29, 0.717) is 0 Å². The molecule has 1 aromatic heterocycles. The number of aromatic amines is 1. The summed E-state index contributed by atoms with van der Waals surface area (Å²) in [6.07, 6.45) is 8.13. The standard InChI is InChI=1S/C8H11N3O2S/c12-14(13,8-5-9-10-6-8)11-7-3-1-2-4-7/h1-2,5-7,11H,3-4H2,(H,9,10). The van der Waals surface area contributed by atoms with Crippen molar-refractivity contribution in [3.63, 3.8) is 0 Å². The number of nitrogens with one attached hydrogen (secondary N) is 2. The molecule has 0 saturated carbocycles. The van der Waals surface area contributed by atoms with Gasteiger partial charge in [0, 0.05) is 12.2 Å². The van der Waals surface area contributed by atoms with Crippen LogP contribution in [0, 0.1) is 0 Å². The van der Waals surface area contributed by atoms with E-state index in [2.05, 4.69) is 14.9 Å². The highest BCUT2D eigenvalue weighted by molar-refractivity contribution is 7.89. The molecular weight excluding hydrogens is 202 g/mol. The lowest BCUT2D eigenvalue weighted by atomic mass is 10.3. The maximum atomic E-state index is 11.7. The van der Waals surface area contributed by atoms with Crippen molar-refractivity contribution in [2.45, 2.75) is 23.8 Å². The monoisotopic (exact) mass is 213 g/mol. The summed E-state index contributed by atoms with van der Waals surface area (Å²) < 4.78 is 25.9. The molecule has 0 unspecified atom stereocenters. The van der Waals surface area contributed by atoms with Crippen LogP contribution in [0.5, 0.6) is 0 Å². The first kappa shape index (κ1) is 9.42. The molecule has 6 heteroatoms. The van der Waals surface area contributed by atoms with Gasteiger partial charge in [-0.1, -0.05) is 12.2 Å². The van der Waals surface area contributed by atoms with E-state index in [1.165, 1.54) is 12.4 Å². The summed E-state index contributed by atoms with van der Waals surface area (Å²) in [5.41, 5.74) is 0. The topological polar surface area (TPSA) is 74.8 Å². The zero-order chi connectivity index (χ0) is 10.0. The summed E-state index contributed by atoms with van der Waals surface area (Å²) in [6, 6.07) is -0.00472. The second-order valence-corrected chi connectivity index (χ2v) is 4.91. The van der Waals surface area contributed by atoms with Gasteiger partial charge in [-0.3, -0.25) is 5.10 Å². The predicted molar refractivity (Wildman–Crippen MR) is 51.1 cm³/mol. The van der Waals surface area contributed by atoms with Crippen LogP contribution in [0.1, 0.15) is 12.8 Å². The second kappa shape index (κ2) is 3.55. The molecule has 76 valence electrons. The molecule has 1 aliphatic carbocycles. The molecule has 0 aromatic carbocycles. The molecule has 0 fully saturated rings. The van der Waals surface area contributed by atoms with Gasteiger partial charge in [-0.25, -0.2) is 13.1 Å². The highest BCUT2D eigenvalue weighted by Crippen LogP contribution is 2.13. The minimum atomic E-state index is -3.38. The molecule has 1 aromatic rings. The largest absolute Gasteiger partial charge is 0.284 e. The van der Waals surface area contributed by atoms with Gasteiger partial charge in [0.2, 0.25) is 10.0 Å². The molecule has 1 aliphatic rings. The number of H-pyrrole nitrogens is 1. The Morgan fingerprint density at radius 3 is 2.71 bits per heavy atom. The Labute approximate surface area is 82.3 Å². The Kier molecular flexibility index (Phi) is 2.39. The molecule has 14 heavy (non-hydrogen) atoms. The van der Waals surface area contributed by atoms with E-state index in [9.17, 15) is 8.42 Å². The molecule has 1 heterocycles. The molecule has 0 aliphatic heterocycles. The first-order valence-electron chi connectivity index (χ1n) is 4.34. The van der Waals surface area contributed by atoms with E-state index in [-0.39, 0.29) is 10.9 Å². The third-order valence-corrected chi connectivity index (χ3v) is 3.60. The van der Waals surface area contributed by atoms with Gasteiger partial charge < -0.3 is 0 Å². The molecule has 0 amide bonds. The van der Waals surface area contributed by atoms with Crippen LogP contribution < -0.4 is 4.72 Å². The number of hydrogen-bond acceptors (Lipinski definition) is 3. The fraction of sp³-hybridized carbons (Fsp3) is 0.375. The third kappa shape index (κ3) is 1.85. The van der Waals surface area contributed by atoms with Crippen molar-refractivity contribution in [2.75, 3.05) is 0 Å². The maximum absolute atomic E-state index is 11.7. The van der Waals surface area contributed by atoms with E-state index in [1.54, 1.807) is 0 Å². The Hall–Kier alpha value is -1.14. The fourth-order valence-corrected chi connectivity index (χ4v) is 2.55. The third-order valence-electron chi connectivity index (χ3n) is 2.11. The van der Waals surface area contributed by atoms with Crippen LogP contribution in [0.15, 0.2) is 29.4 Å². The van der Waals surface area contributed by atoms with E-state index < -0.39 is 10.0 Å². The molecule has 5 nitrogen and oxygen atoms in total. The normalized spacial score (nSPS) is 17.7. The predicted octanol–water partition coefficient (Wildman–Crippen LogP) is 0.407. The molecule has 0 bridgehead atoms. The lowest BCUT2D eigenvalue weighted by Crippen LogP contribution is -2.32. The van der Waals surface area contributed by atoms with Crippen molar-refractivity contribution in [1.82, 2.24) is 14.9 Å².